The second-order valence-electron chi connectivity index (χ2n) is 6.72. The zero-order valence-corrected chi connectivity index (χ0v) is 15.6. The Morgan fingerprint density at radius 2 is 1.89 bits per heavy atom. The maximum Gasteiger partial charge on any atom is 0.339 e. The molecule has 1 aliphatic rings. The number of benzene rings is 2. The van der Waals surface area contributed by atoms with E-state index in [1.807, 2.05) is 32.0 Å². The fourth-order valence-electron chi connectivity index (χ4n) is 3.24. The van der Waals surface area contributed by atoms with E-state index in [1.165, 1.54) is 7.11 Å². The first-order valence-electron chi connectivity index (χ1n) is 8.76. The van der Waals surface area contributed by atoms with Crippen LogP contribution in [0, 0.1) is 19.8 Å². The van der Waals surface area contributed by atoms with Gasteiger partial charge >= 0.3 is 5.97 Å². The van der Waals surface area contributed by atoms with Crippen LogP contribution >= 0.6 is 0 Å². The van der Waals surface area contributed by atoms with Gasteiger partial charge in [-0.3, -0.25) is 9.59 Å². The first-order chi connectivity index (χ1) is 12.9. The average molecular weight is 366 g/mol. The van der Waals surface area contributed by atoms with E-state index >= 15 is 0 Å². The Bertz CT molecular complexity index is 907. The van der Waals surface area contributed by atoms with E-state index in [4.69, 9.17) is 4.74 Å². The van der Waals surface area contributed by atoms with Crippen molar-refractivity contribution in [2.24, 2.45) is 5.92 Å². The lowest BCUT2D eigenvalue weighted by molar-refractivity contribution is -0.122. The van der Waals surface area contributed by atoms with Crippen LogP contribution in [-0.2, 0) is 14.3 Å². The molecule has 140 valence electrons. The van der Waals surface area contributed by atoms with E-state index in [2.05, 4.69) is 5.32 Å². The van der Waals surface area contributed by atoms with E-state index in [0.29, 0.717) is 12.2 Å². The van der Waals surface area contributed by atoms with Gasteiger partial charge in [-0.2, -0.15) is 0 Å². The van der Waals surface area contributed by atoms with E-state index in [9.17, 15) is 14.4 Å². The molecule has 1 fully saturated rings. The second-order valence-corrected chi connectivity index (χ2v) is 6.72. The van der Waals surface area contributed by atoms with Crippen LogP contribution in [0.4, 0.5) is 11.4 Å². The van der Waals surface area contributed by atoms with Crippen molar-refractivity contribution >= 4 is 29.2 Å². The van der Waals surface area contributed by atoms with Crippen molar-refractivity contribution in [2.75, 3.05) is 23.9 Å². The molecule has 2 amide bonds. The minimum Gasteiger partial charge on any atom is -0.465 e. The highest BCUT2D eigenvalue weighted by Gasteiger charge is 2.36. The van der Waals surface area contributed by atoms with Gasteiger partial charge in [0.15, 0.2) is 0 Å². The van der Waals surface area contributed by atoms with Gasteiger partial charge in [-0.05, 0) is 43.2 Å². The molecule has 1 heterocycles. The predicted molar refractivity (Wildman–Crippen MR) is 103 cm³/mol. The van der Waals surface area contributed by atoms with Gasteiger partial charge in [0.05, 0.1) is 24.3 Å². The number of hydrogen-bond acceptors (Lipinski definition) is 4. The number of amides is 2. The summed E-state index contributed by atoms with van der Waals surface area (Å²) in [5.74, 6) is -1.37. The van der Waals surface area contributed by atoms with Crippen LogP contribution in [-0.4, -0.2) is 31.4 Å². The van der Waals surface area contributed by atoms with Gasteiger partial charge in [0.2, 0.25) is 11.8 Å². The molecule has 27 heavy (non-hydrogen) atoms. The van der Waals surface area contributed by atoms with Crippen LogP contribution in [0.5, 0.6) is 0 Å². The van der Waals surface area contributed by atoms with Gasteiger partial charge in [-0.15, -0.1) is 0 Å². The lowest BCUT2D eigenvalue weighted by atomic mass is 10.1. The molecule has 2 aromatic carbocycles. The van der Waals surface area contributed by atoms with E-state index in [0.717, 1.165) is 16.8 Å². The SMILES string of the molecule is COC(=O)c1ccccc1NC(=O)C1CC(=O)N(c2cc(C)ccc2C)C1. The second kappa shape index (κ2) is 7.61. The van der Waals surface area contributed by atoms with Gasteiger partial charge in [0.1, 0.15) is 0 Å². The van der Waals surface area contributed by atoms with Gasteiger partial charge in [0.25, 0.3) is 0 Å². The molecule has 3 rings (SSSR count). The molecule has 0 radical (unpaired) electrons. The van der Waals surface area contributed by atoms with Crippen molar-refractivity contribution in [1.82, 2.24) is 0 Å². The number of hydrogen-bond donors (Lipinski definition) is 1. The summed E-state index contributed by atoms with van der Waals surface area (Å²) in [6.45, 7) is 4.23. The standard InChI is InChI=1S/C21H22N2O4/c1-13-8-9-14(2)18(10-13)23-12-15(11-19(23)24)20(25)22-17-7-5-4-6-16(17)21(26)27-3/h4-10,15H,11-12H2,1-3H3,(H,22,25). The molecule has 1 unspecified atom stereocenters. The Hall–Kier alpha value is -3.15. The number of carbonyl (C=O) groups excluding carboxylic acids is 3. The smallest absolute Gasteiger partial charge is 0.339 e. The summed E-state index contributed by atoms with van der Waals surface area (Å²) in [6, 6.07) is 12.6. The predicted octanol–water partition coefficient (Wildman–Crippen LogP) is 3.08. The molecule has 0 spiro atoms. The van der Waals surface area contributed by atoms with Gasteiger partial charge in [-0.25, -0.2) is 4.79 Å². The summed E-state index contributed by atoms with van der Waals surface area (Å²) in [4.78, 5) is 38.7. The number of nitrogens with zero attached hydrogens (tertiary/aromatic N) is 1. The van der Waals surface area contributed by atoms with E-state index < -0.39 is 11.9 Å². The third kappa shape index (κ3) is 3.84. The summed E-state index contributed by atoms with van der Waals surface area (Å²) >= 11 is 0. The highest BCUT2D eigenvalue weighted by Crippen LogP contribution is 2.29. The highest BCUT2D eigenvalue weighted by molar-refractivity contribution is 6.06. The monoisotopic (exact) mass is 366 g/mol. The number of carbonyl (C=O) groups is 3. The maximum absolute atomic E-state index is 12.7. The molecular weight excluding hydrogens is 344 g/mol. The van der Waals surface area contributed by atoms with Crippen molar-refractivity contribution in [2.45, 2.75) is 20.3 Å². The molecule has 1 saturated heterocycles. The Morgan fingerprint density at radius 1 is 1.15 bits per heavy atom. The van der Waals surface area contributed by atoms with Crippen LogP contribution in [0.3, 0.4) is 0 Å². The number of rotatable bonds is 4. The average Bonchev–Trinajstić information content (AvgIpc) is 3.05. The van der Waals surface area contributed by atoms with Crippen molar-refractivity contribution in [3.8, 4) is 0 Å². The van der Waals surface area contributed by atoms with Crippen molar-refractivity contribution in [1.29, 1.82) is 0 Å². The molecule has 1 N–H and O–H groups in total. The number of anilines is 2. The van der Waals surface area contributed by atoms with Gasteiger partial charge in [0, 0.05) is 18.7 Å². The lowest BCUT2D eigenvalue weighted by Gasteiger charge is -2.20. The van der Waals surface area contributed by atoms with Crippen LogP contribution < -0.4 is 10.2 Å². The Balaban J connectivity index is 1.77. The Labute approximate surface area is 158 Å². The Kier molecular flexibility index (Phi) is 5.26. The van der Waals surface area contributed by atoms with Gasteiger partial charge < -0.3 is 15.0 Å². The summed E-state index contributed by atoms with van der Waals surface area (Å²) in [7, 11) is 1.29. The zero-order valence-electron chi connectivity index (χ0n) is 15.6. The number of ether oxygens (including phenoxy) is 1. The molecule has 0 bridgehead atoms. The lowest BCUT2D eigenvalue weighted by Crippen LogP contribution is -2.29. The molecule has 0 aliphatic carbocycles. The topological polar surface area (TPSA) is 75.7 Å². The number of para-hydroxylation sites is 1. The third-order valence-corrected chi connectivity index (χ3v) is 4.74. The van der Waals surface area contributed by atoms with E-state index in [-0.39, 0.29) is 23.8 Å². The highest BCUT2D eigenvalue weighted by atomic mass is 16.5. The quantitative estimate of drug-likeness (QED) is 0.844. The molecule has 1 atom stereocenters. The first kappa shape index (κ1) is 18.6. The summed E-state index contributed by atoms with van der Waals surface area (Å²) in [5.41, 5.74) is 3.55. The molecule has 2 aromatic rings. The molecule has 0 saturated carbocycles. The van der Waals surface area contributed by atoms with Crippen LogP contribution in [0.15, 0.2) is 42.5 Å². The fourth-order valence-corrected chi connectivity index (χ4v) is 3.24. The van der Waals surface area contributed by atoms with Crippen molar-refractivity contribution < 1.29 is 19.1 Å². The number of aryl methyl sites for hydroxylation is 2. The third-order valence-electron chi connectivity index (χ3n) is 4.74. The van der Waals surface area contributed by atoms with Crippen LogP contribution in [0.2, 0.25) is 0 Å². The molecular formula is C21H22N2O4. The normalized spacial score (nSPS) is 16.3. The molecule has 0 aromatic heterocycles. The largest absolute Gasteiger partial charge is 0.465 e. The summed E-state index contributed by atoms with van der Waals surface area (Å²) < 4.78 is 4.75. The minimum atomic E-state index is -0.523. The summed E-state index contributed by atoms with van der Waals surface area (Å²) in [6.07, 6.45) is 0.138. The maximum atomic E-state index is 12.7. The van der Waals surface area contributed by atoms with Crippen molar-refractivity contribution in [3.05, 3.63) is 59.2 Å². The fraction of sp³-hybridized carbons (Fsp3) is 0.286. The zero-order chi connectivity index (χ0) is 19.6. The minimum absolute atomic E-state index is 0.0786. The summed E-state index contributed by atoms with van der Waals surface area (Å²) in [5, 5.41) is 2.77. The number of nitrogens with one attached hydrogen (secondary N) is 1. The molecule has 1 aliphatic heterocycles. The first-order valence-corrected chi connectivity index (χ1v) is 8.76. The van der Waals surface area contributed by atoms with E-state index in [1.54, 1.807) is 29.2 Å². The Morgan fingerprint density at radius 3 is 2.63 bits per heavy atom. The van der Waals surface area contributed by atoms with Crippen LogP contribution in [0.25, 0.3) is 0 Å². The molecule has 6 heteroatoms. The van der Waals surface area contributed by atoms with Crippen LogP contribution in [0.1, 0.15) is 27.9 Å². The van der Waals surface area contributed by atoms with Crippen molar-refractivity contribution in [3.63, 3.8) is 0 Å². The van der Waals surface area contributed by atoms with Gasteiger partial charge in [-0.1, -0.05) is 24.3 Å². The molecule has 6 nitrogen and oxygen atoms in total. The number of methoxy groups -OCH3 is 1. The number of esters is 1.